The fourth-order valence-electron chi connectivity index (χ4n) is 2.08. The average Bonchev–Trinajstić information content (AvgIpc) is 3.18. The molecule has 0 saturated heterocycles. The van der Waals surface area contributed by atoms with E-state index in [0.29, 0.717) is 6.54 Å². The molecule has 0 heterocycles. The van der Waals surface area contributed by atoms with Crippen molar-refractivity contribution in [2.75, 3.05) is 18.5 Å². The fraction of sp³-hybridized carbons (Fsp3) is 0.500. The van der Waals surface area contributed by atoms with Crippen LogP contribution in [-0.2, 0) is 11.2 Å². The lowest BCUT2D eigenvalue weighted by Crippen LogP contribution is -2.38. The summed E-state index contributed by atoms with van der Waals surface area (Å²) in [5.74, 6) is 0.157. The first kappa shape index (κ1) is 12.1. The van der Waals surface area contributed by atoms with E-state index in [-0.39, 0.29) is 11.3 Å². The SMILES string of the molecule is CCc1ccc(N(C)C(=O)C2(CN)CC2)cc1. The number of hydrogen-bond acceptors (Lipinski definition) is 2. The molecule has 1 aromatic carbocycles. The van der Waals surface area contributed by atoms with E-state index in [0.717, 1.165) is 24.9 Å². The Morgan fingerprint density at radius 3 is 2.35 bits per heavy atom. The number of rotatable bonds is 4. The molecule has 1 amide bonds. The molecule has 1 aromatic rings. The van der Waals surface area contributed by atoms with E-state index in [4.69, 9.17) is 5.73 Å². The van der Waals surface area contributed by atoms with E-state index in [9.17, 15) is 4.79 Å². The highest BCUT2D eigenvalue weighted by molar-refractivity contribution is 5.99. The maximum absolute atomic E-state index is 12.3. The molecule has 0 spiro atoms. The summed E-state index contributed by atoms with van der Waals surface area (Å²) in [6.45, 7) is 2.58. The van der Waals surface area contributed by atoms with Crippen molar-refractivity contribution in [1.82, 2.24) is 0 Å². The van der Waals surface area contributed by atoms with Crippen LogP contribution in [0.15, 0.2) is 24.3 Å². The minimum Gasteiger partial charge on any atom is -0.329 e. The largest absolute Gasteiger partial charge is 0.329 e. The first-order chi connectivity index (χ1) is 8.13. The van der Waals surface area contributed by atoms with Gasteiger partial charge in [0, 0.05) is 19.3 Å². The number of benzene rings is 1. The summed E-state index contributed by atoms with van der Waals surface area (Å²) in [5, 5.41) is 0. The molecule has 17 heavy (non-hydrogen) atoms. The number of nitrogens with two attached hydrogens (primary N) is 1. The Balaban J connectivity index is 2.13. The van der Waals surface area contributed by atoms with Gasteiger partial charge in [-0.2, -0.15) is 0 Å². The van der Waals surface area contributed by atoms with E-state index in [1.54, 1.807) is 4.90 Å². The lowest BCUT2D eigenvalue weighted by molar-refractivity contribution is -0.123. The van der Waals surface area contributed by atoms with Crippen LogP contribution < -0.4 is 10.6 Å². The third-order valence-corrected chi connectivity index (χ3v) is 3.73. The molecular formula is C14H20N2O. The summed E-state index contributed by atoms with van der Waals surface area (Å²) in [5.41, 5.74) is 7.66. The molecule has 3 heteroatoms. The quantitative estimate of drug-likeness (QED) is 0.862. The molecule has 3 nitrogen and oxygen atoms in total. The number of aryl methyl sites for hydroxylation is 1. The van der Waals surface area contributed by atoms with Crippen molar-refractivity contribution in [1.29, 1.82) is 0 Å². The zero-order chi connectivity index (χ0) is 12.5. The van der Waals surface area contributed by atoms with Crippen LogP contribution in [0.5, 0.6) is 0 Å². The molecule has 1 aliphatic carbocycles. The maximum atomic E-state index is 12.3. The molecule has 1 aliphatic rings. The van der Waals surface area contributed by atoms with Crippen LogP contribution >= 0.6 is 0 Å². The van der Waals surface area contributed by atoms with Gasteiger partial charge in [0.25, 0.3) is 0 Å². The highest BCUT2D eigenvalue weighted by atomic mass is 16.2. The molecule has 2 rings (SSSR count). The summed E-state index contributed by atoms with van der Waals surface area (Å²) in [4.78, 5) is 14.0. The van der Waals surface area contributed by atoms with Gasteiger partial charge in [0.2, 0.25) is 5.91 Å². The van der Waals surface area contributed by atoms with Gasteiger partial charge in [0.15, 0.2) is 0 Å². The van der Waals surface area contributed by atoms with Crippen LogP contribution in [0.3, 0.4) is 0 Å². The number of carbonyl (C=O) groups is 1. The van der Waals surface area contributed by atoms with Crippen LogP contribution in [0, 0.1) is 5.41 Å². The molecule has 1 fully saturated rings. The van der Waals surface area contributed by atoms with Gasteiger partial charge in [-0.25, -0.2) is 0 Å². The second-order valence-electron chi connectivity index (χ2n) is 4.87. The summed E-state index contributed by atoms with van der Waals surface area (Å²) >= 11 is 0. The molecule has 0 aromatic heterocycles. The van der Waals surface area contributed by atoms with Crippen molar-refractivity contribution < 1.29 is 4.79 Å². The van der Waals surface area contributed by atoms with Gasteiger partial charge < -0.3 is 10.6 Å². The van der Waals surface area contributed by atoms with Crippen molar-refractivity contribution in [2.45, 2.75) is 26.2 Å². The second kappa shape index (κ2) is 4.49. The van der Waals surface area contributed by atoms with Gasteiger partial charge in [-0.3, -0.25) is 4.79 Å². The van der Waals surface area contributed by atoms with Gasteiger partial charge >= 0.3 is 0 Å². The Bertz CT molecular complexity index is 407. The number of carbonyl (C=O) groups excluding carboxylic acids is 1. The van der Waals surface area contributed by atoms with E-state index in [1.165, 1.54) is 5.56 Å². The zero-order valence-corrected chi connectivity index (χ0v) is 10.6. The van der Waals surface area contributed by atoms with Crippen LogP contribution in [0.1, 0.15) is 25.3 Å². The Morgan fingerprint density at radius 2 is 1.94 bits per heavy atom. The van der Waals surface area contributed by atoms with Crippen LogP contribution in [-0.4, -0.2) is 19.5 Å². The normalized spacial score (nSPS) is 16.6. The number of anilines is 1. The third-order valence-electron chi connectivity index (χ3n) is 3.73. The van der Waals surface area contributed by atoms with E-state index >= 15 is 0 Å². The minimum absolute atomic E-state index is 0.157. The van der Waals surface area contributed by atoms with E-state index < -0.39 is 0 Å². The van der Waals surface area contributed by atoms with Crippen LogP contribution in [0.25, 0.3) is 0 Å². The monoisotopic (exact) mass is 232 g/mol. The number of hydrogen-bond donors (Lipinski definition) is 1. The van der Waals surface area contributed by atoms with Crippen molar-refractivity contribution >= 4 is 11.6 Å². The molecule has 0 unspecified atom stereocenters. The van der Waals surface area contributed by atoms with Crippen molar-refractivity contribution in [3.63, 3.8) is 0 Å². The Morgan fingerprint density at radius 1 is 1.35 bits per heavy atom. The molecule has 0 aliphatic heterocycles. The van der Waals surface area contributed by atoms with Crippen LogP contribution in [0.4, 0.5) is 5.69 Å². The Hall–Kier alpha value is -1.35. The molecule has 0 bridgehead atoms. The number of amides is 1. The average molecular weight is 232 g/mol. The summed E-state index contributed by atoms with van der Waals surface area (Å²) < 4.78 is 0. The molecule has 0 radical (unpaired) electrons. The van der Waals surface area contributed by atoms with Gasteiger partial charge in [-0.1, -0.05) is 19.1 Å². The van der Waals surface area contributed by atoms with Crippen molar-refractivity contribution in [3.05, 3.63) is 29.8 Å². The fourth-order valence-corrected chi connectivity index (χ4v) is 2.08. The minimum atomic E-state index is -0.266. The summed E-state index contributed by atoms with van der Waals surface area (Å²) in [6, 6.07) is 8.15. The zero-order valence-electron chi connectivity index (χ0n) is 10.6. The van der Waals surface area contributed by atoms with Crippen molar-refractivity contribution in [3.8, 4) is 0 Å². The molecule has 92 valence electrons. The first-order valence-corrected chi connectivity index (χ1v) is 6.20. The maximum Gasteiger partial charge on any atom is 0.234 e. The lowest BCUT2D eigenvalue weighted by Gasteiger charge is -2.22. The summed E-state index contributed by atoms with van der Waals surface area (Å²) in [6.07, 6.45) is 2.88. The van der Waals surface area contributed by atoms with Gasteiger partial charge in [-0.05, 0) is 37.0 Å². The predicted octanol–water partition coefficient (Wildman–Crippen LogP) is 1.95. The molecule has 0 atom stereocenters. The second-order valence-corrected chi connectivity index (χ2v) is 4.87. The van der Waals surface area contributed by atoms with Gasteiger partial charge in [0.05, 0.1) is 5.41 Å². The van der Waals surface area contributed by atoms with Gasteiger partial charge in [0.1, 0.15) is 0 Å². The third kappa shape index (κ3) is 2.20. The van der Waals surface area contributed by atoms with E-state index in [1.807, 2.05) is 19.2 Å². The highest BCUT2D eigenvalue weighted by Gasteiger charge is 2.50. The van der Waals surface area contributed by atoms with Crippen molar-refractivity contribution in [2.24, 2.45) is 11.1 Å². The highest BCUT2D eigenvalue weighted by Crippen LogP contribution is 2.46. The smallest absolute Gasteiger partial charge is 0.234 e. The van der Waals surface area contributed by atoms with Crippen LogP contribution in [0.2, 0.25) is 0 Å². The predicted molar refractivity (Wildman–Crippen MR) is 70.0 cm³/mol. The molecule has 2 N–H and O–H groups in total. The Labute approximate surface area is 103 Å². The Kier molecular flexibility index (Phi) is 3.20. The molecular weight excluding hydrogens is 212 g/mol. The summed E-state index contributed by atoms with van der Waals surface area (Å²) in [7, 11) is 1.83. The lowest BCUT2D eigenvalue weighted by atomic mass is 10.1. The van der Waals surface area contributed by atoms with Gasteiger partial charge in [-0.15, -0.1) is 0 Å². The standard InChI is InChI=1S/C14H20N2O/c1-3-11-4-6-12(7-5-11)16(2)13(17)14(10-15)8-9-14/h4-7H,3,8-10,15H2,1-2H3. The molecule has 1 saturated carbocycles. The topological polar surface area (TPSA) is 46.3 Å². The first-order valence-electron chi connectivity index (χ1n) is 6.20. The van der Waals surface area contributed by atoms with E-state index in [2.05, 4.69) is 19.1 Å². The number of nitrogens with zero attached hydrogens (tertiary/aromatic N) is 1.